The van der Waals surface area contributed by atoms with E-state index in [1.165, 1.54) is 22.3 Å². The van der Waals surface area contributed by atoms with Crippen LogP contribution in [-0.2, 0) is 13.0 Å². The van der Waals surface area contributed by atoms with Gasteiger partial charge in [-0.05, 0) is 46.4 Å². The molecule has 2 amide bonds. The van der Waals surface area contributed by atoms with Crippen molar-refractivity contribution in [2.45, 2.75) is 19.0 Å². The highest BCUT2D eigenvalue weighted by molar-refractivity contribution is 5.76. The molecule has 0 radical (unpaired) electrons. The van der Waals surface area contributed by atoms with Crippen molar-refractivity contribution >= 4 is 6.03 Å². The van der Waals surface area contributed by atoms with Gasteiger partial charge >= 0.3 is 6.03 Å². The predicted octanol–water partition coefficient (Wildman–Crippen LogP) is 4.72. The third-order valence-corrected chi connectivity index (χ3v) is 7.84. The van der Waals surface area contributed by atoms with Crippen LogP contribution in [0.4, 0.5) is 4.79 Å². The van der Waals surface area contributed by atoms with Crippen molar-refractivity contribution < 1.29 is 4.79 Å². The van der Waals surface area contributed by atoms with Crippen LogP contribution in [-0.4, -0.2) is 42.0 Å². The normalized spacial score (nSPS) is 25.9. The molecule has 0 aromatic heterocycles. The van der Waals surface area contributed by atoms with E-state index in [0.717, 1.165) is 51.0 Å². The molecule has 168 valence electrons. The number of hydrogen-bond donors (Lipinski definition) is 1. The molecule has 1 saturated carbocycles. The van der Waals surface area contributed by atoms with Gasteiger partial charge in [0.15, 0.2) is 0 Å². The van der Waals surface area contributed by atoms with Crippen LogP contribution >= 0.6 is 0 Å². The van der Waals surface area contributed by atoms with E-state index in [-0.39, 0.29) is 12.1 Å². The summed E-state index contributed by atoms with van der Waals surface area (Å²) in [5.41, 5.74) is 5.18. The molecular weight excluding hydrogens is 406 g/mol. The van der Waals surface area contributed by atoms with E-state index in [4.69, 9.17) is 0 Å². The highest BCUT2D eigenvalue weighted by Gasteiger charge is 2.55. The number of hydrogen-bond acceptors (Lipinski definition) is 2. The minimum Gasteiger partial charge on any atom is -0.338 e. The molecule has 2 heterocycles. The van der Waals surface area contributed by atoms with Crippen LogP contribution in [0.25, 0.3) is 0 Å². The number of fused-ring (bicyclic) bond motifs is 2. The Hall–Kier alpha value is -3.11. The van der Waals surface area contributed by atoms with E-state index in [1.54, 1.807) is 0 Å². The topological polar surface area (TPSA) is 35.6 Å². The van der Waals surface area contributed by atoms with Gasteiger partial charge in [-0.1, -0.05) is 84.9 Å². The first-order valence-electron chi connectivity index (χ1n) is 12.2. The Morgan fingerprint density at radius 3 is 2.27 bits per heavy atom. The fourth-order valence-electron chi connectivity index (χ4n) is 6.10. The Kier molecular flexibility index (Phi) is 5.39. The molecule has 0 bridgehead atoms. The van der Waals surface area contributed by atoms with Gasteiger partial charge in [-0.2, -0.15) is 0 Å². The molecule has 6 rings (SSSR count). The largest absolute Gasteiger partial charge is 0.338 e. The van der Waals surface area contributed by atoms with Gasteiger partial charge in [0.05, 0.1) is 6.04 Å². The van der Waals surface area contributed by atoms with Crippen molar-refractivity contribution in [2.75, 3.05) is 26.2 Å². The molecule has 3 aliphatic rings. The molecule has 3 aromatic rings. The van der Waals surface area contributed by atoms with Crippen molar-refractivity contribution in [2.24, 2.45) is 17.8 Å². The van der Waals surface area contributed by atoms with E-state index in [9.17, 15) is 4.79 Å². The number of carbonyl (C=O) groups excluding carboxylic acids is 1. The lowest BCUT2D eigenvalue weighted by Crippen LogP contribution is -2.46. The van der Waals surface area contributed by atoms with Crippen LogP contribution in [0, 0.1) is 17.8 Å². The number of nitrogens with one attached hydrogen (secondary N) is 1. The number of benzene rings is 3. The first-order valence-corrected chi connectivity index (χ1v) is 12.2. The average molecular weight is 438 g/mol. The Morgan fingerprint density at radius 2 is 1.52 bits per heavy atom. The maximum atomic E-state index is 13.4. The fraction of sp³-hybridized carbons (Fsp3) is 0.345. The minimum atomic E-state index is -0.0174. The molecule has 3 aromatic carbocycles. The number of carbonyl (C=O) groups is 1. The molecule has 4 nitrogen and oxygen atoms in total. The third kappa shape index (κ3) is 4.04. The number of urea groups is 1. The minimum absolute atomic E-state index is 0.0174. The standard InChI is InChI=1S/C29H31N3O/c33-29(30-17-25-26-19-31(20-27(25)26)18-21-9-3-1-4-10-21)32-16-15-22-11-7-8-14-24(22)28(32)23-12-5-2-6-13-23/h1-14,25-28H,15-20H2,(H,30,33). The van der Waals surface area contributed by atoms with Crippen LogP contribution in [0.2, 0.25) is 0 Å². The van der Waals surface area contributed by atoms with Gasteiger partial charge in [-0.25, -0.2) is 4.79 Å². The van der Waals surface area contributed by atoms with Crippen molar-refractivity contribution in [3.63, 3.8) is 0 Å². The number of piperidine rings is 1. The van der Waals surface area contributed by atoms with Crippen LogP contribution in [0.3, 0.4) is 0 Å². The average Bonchev–Trinajstić information content (AvgIpc) is 3.33. The SMILES string of the molecule is O=C(NCC1C2CN(Cc3ccccc3)CC12)N1CCc2ccccc2C1c1ccccc1. The third-order valence-electron chi connectivity index (χ3n) is 7.84. The zero-order valence-corrected chi connectivity index (χ0v) is 18.9. The van der Waals surface area contributed by atoms with Gasteiger partial charge in [0.1, 0.15) is 0 Å². The van der Waals surface area contributed by atoms with E-state index in [1.807, 2.05) is 11.0 Å². The first kappa shape index (κ1) is 20.5. The summed E-state index contributed by atoms with van der Waals surface area (Å²) in [6.07, 6.45) is 0.913. The van der Waals surface area contributed by atoms with E-state index in [0.29, 0.717) is 5.92 Å². The smallest absolute Gasteiger partial charge is 0.318 e. The highest BCUT2D eigenvalue weighted by atomic mass is 16.2. The lowest BCUT2D eigenvalue weighted by atomic mass is 9.88. The van der Waals surface area contributed by atoms with Crippen LogP contribution in [0.15, 0.2) is 84.9 Å². The second-order valence-electron chi connectivity index (χ2n) is 9.81. The summed E-state index contributed by atoms with van der Waals surface area (Å²) in [4.78, 5) is 18.0. The molecule has 1 saturated heterocycles. The summed E-state index contributed by atoms with van der Waals surface area (Å²) in [6.45, 7) is 4.91. The summed E-state index contributed by atoms with van der Waals surface area (Å²) in [7, 11) is 0. The van der Waals surface area contributed by atoms with Gasteiger partial charge in [-0.3, -0.25) is 4.90 Å². The summed E-state index contributed by atoms with van der Waals surface area (Å²) in [5.74, 6) is 2.11. The number of nitrogens with zero attached hydrogens (tertiary/aromatic N) is 2. The first-order chi connectivity index (χ1) is 16.3. The lowest BCUT2D eigenvalue weighted by Gasteiger charge is -2.37. The maximum Gasteiger partial charge on any atom is 0.318 e. The molecule has 0 spiro atoms. The summed E-state index contributed by atoms with van der Waals surface area (Å²) in [6, 6.07) is 29.8. The zero-order chi connectivity index (χ0) is 22.2. The van der Waals surface area contributed by atoms with Gasteiger partial charge in [0, 0.05) is 32.7 Å². The van der Waals surface area contributed by atoms with E-state index >= 15 is 0 Å². The van der Waals surface area contributed by atoms with Crippen molar-refractivity contribution in [1.29, 1.82) is 0 Å². The molecule has 1 aliphatic carbocycles. The van der Waals surface area contributed by atoms with Gasteiger partial charge in [-0.15, -0.1) is 0 Å². The monoisotopic (exact) mass is 437 g/mol. The molecule has 33 heavy (non-hydrogen) atoms. The number of likely N-dealkylation sites (tertiary alicyclic amines) is 1. The summed E-state index contributed by atoms with van der Waals surface area (Å²) >= 11 is 0. The second kappa shape index (κ2) is 8.68. The van der Waals surface area contributed by atoms with Crippen LogP contribution in [0.5, 0.6) is 0 Å². The molecule has 1 N–H and O–H groups in total. The van der Waals surface area contributed by atoms with Crippen LogP contribution < -0.4 is 5.32 Å². The number of amides is 2. The summed E-state index contributed by atoms with van der Waals surface area (Å²) < 4.78 is 0. The molecule has 3 unspecified atom stereocenters. The molecule has 3 atom stereocenters. The Bertz CT molecular complexity index is 1100. The Labute approximate surface area is 196 Å². The Morgan fingerprint density at radius 1 is 0.848 bits per heavy atom. The van der Waals surface area contributed by atoms with Crippen LogP contribution in [0.1, 0.15) is 28.3 Å². The number of rotatable bonds is 5. The van der Waals surface area contributed by atoms with Gasteiger partial charge in [0.2, 0.25) is 0 Å². The molecule has 4 heteroatoms. The summed E-state index contributed by atoms with van der Waals surface area (Å²) in [5, 5.41) is 3.31. The zero-order valence-electron chi connectivity index (χ0n) is 18.9. The van der Waals surface area contributed by atoms with E-state index < -0.39 is 0 Å². The van der Waals surface area contributed by atoms with Crippen molar-refractivity contribution in [3.05, 3.63) is 107 Å². The van der Waals surface area contributed by atoms with Gasteiger partial charge < -0.3 is 10.2 Å². The Balaban J connectivity index is 1.08. The van der Waals surface area contributed by atoms with Crippen molar-refractivity contribution in [3.8, 4) is 0 Å². The highest BCUT2D eigenvalue weighted by Crippen LogP contribution is 2.51. The fourth-order valence-corrected chi connectivity index (χ4v) is 6.10. The predicted molar refractivity (Wildman–Crippen MR) is 131 cm³/mol. The quantitative estimate of drug-likeness (QED) is 0.627. The molecule has 2 aliphatic heterocycles. The van der Waals surface area contributed by atoms with E-state index in [2.05, 4.69) is 89.1 Å². The van der Waals surface area contributed by atoms with Crippen molar-refractivity contribution in [1.82, 2.24) is 15.1 Å². The van der Waals surface area contributed by atoms with Gasteiger partial charge in [0.25, 0.3) is 0 Å². The molecular formula is C29H31N3O. The maximum absolute atomic E-state index is 13.4. The second-order valence-corrected chi connectivity index (χ2v) is 9.81. The molecule has 2 fully saturated rings. The lowest BCUT2D eigenvalue weighted by molar-refractivity contribution is 0.178.